The Balaban J connectivity index is 1.80. The lowest BCUT2D eigenvalue weighted by Gasteiger charge is -2.11. The Morgan fingerprint density at radius 3 is 2.29 bits per heavy atom. The number of rotatable bonds is 5. The van der Waals surface area contributed by atoms with Gasteiger partial charge in [-0.2, -0.15) is 0 Å². The van der Waals surface area contributed by atoms with Gasteiger partial charge in [0.1, 0.15) is 11.5 Å². The molecule has 1 N–H and O–H groups in total. The van der Waals surface area contributed by atoms with Crippen LogP contribution in [0.2, 0.25) is 0 Å². The average molecular weight is 321 g/mol. The summed E-state index contributed by atoms with van der Waals surface area (Å²) in [4.78, 5) is 12.4. The molecule has 0 spiro atoms. The summed E-state index contributed by atoms with van der Waals surface area (Å²) in [5.41, 5.74) is 1.65. The average Bonchev–Trinajstić information content (AvgIpc) is 2.61. The van der Waals surface area contributed by atoms with Crippen LogP contribution in [0.15, 0.2) is 60.7 Å². The zero-order chi connectivity index (χ0) is 16.9. The van der Waals surface area contributed by atoms with Crippen LogP contribution in [-0.2, 0) is 11.2 Å². The number of fused-ring (bicyclic) bond motifs is 1. The number of methoxy groups -OCH3 is 2. The Bertz CT molecular complexity index is 846. The molecule has 0 fully saturated rings. The Morgan fingerprint density at radius 1 is 0.917 bits per heavy atom. The van der Waals surface area contributed by atoms with Gasteiger partial charge in [0, 0.05) is 23.9 Å². The van der Waals surface area contributed by atoms with Crippen LogP contribution in [0, 0.1) is 0 Å². The van der Waals surface area contributed by atoms with Crippen molar-refractivity contribution in [3.05, 3.63) is 66.2 Å². The van der Waals surface area contributed by atoms with E-state index in [1.807, 2.05) is 42.5 Å². The van der Waals surface area contributed by atoms with Crippen LogP contribution in [0.4, 0.5) is 5.69 Å². The van der Waals surface area contributed by atoms with E-state index in [0.29, 0.717) is 23.6 Å². The van der Waals surface area contributed by atoms with E-state index >= 15 is 0 Å². The van der Waals surface area contributed by atoms with Gasteiger partial charge < -0.3 is 14.8 Å². The predicted octanol–water partition coefficient (Wildman–Crippen LogP) is 4.04. The van der Waals surface area contributed by atoms with Crippen molar-refractivity contribution >= 4 is 22.4 Å². The lowest BCUT2D eigenvalue weighted by atomic mass is 10.0. The van der Waals surface area contributed by atoms with Gasteiger partial charge in [0.2, 0.25) is 5.91 Å². The van der Waals surface area contributed by atoms with E-state index in [0.717, 1.165) is 16.3 Å². The first-order valence-electron chi connectivity index (χ1n) is 7.69. The molecule has 24 heavy (non-hydrogen) atoms. The minimum absolute atomic E-state index is 0.0818. The summed E-state index contributed by atoms with van der Waals surface area (Å²) < 4.78 is 10.4. The third-order valence-corrected chi connectivity index (χ3v) is 3.87. The fraction of sp³-hybridized carbons (Fsp3) is 0.150. The molecule has 3 rings (SSSR count). The second-order valence-corrected chi connectivity index (χ2v) is 5.46. The molecule has 4 heteroatoms. The first kappa shape index (κ1) is 15.9. The molecule has 0 aromatic heterocycles. The summed E-state index contributed by atoms with van der Waals surface area (Å²) in [6.07, 6.45) is 0.306. The fourth-order valence-electron chi connectivity index (χ4n) is 2.70. The van der Waals surface area contributed by atoms with Crippen molar-refractivity contribution < 1.29 is 14.3 Å². The number of hydrogen-bond donors (Lipinski definition) is 1. The van der Waals surface area contributed by atoms with Crippen molar-refractivity contribution in [1.29, 1.82) is 0 Å². The van der Waals surface area contributed by atoms with Gasteiger partial charge in [-0.15, -0.1) is 0 Å². The monoisotopic (exact) mass is 321 g/mol. The summed E-state index contributed by atoms with van der Waals surface area (Å²) in [6.45, 7) is 0. The number of carbonyl (C=O) groups is 1. The third-order valence-electron chi connectivity index (χ3n) is 3.87. The van der Waals surface area contributed by atoms with E-state index in [4.69, 9.17) is 9.47 Å². The topological polar surface area (TPSA) is 47.6 Å². The summed E-state index contributed by atoms with van der Waals surface area (Å²) >= 11 is 0. The normalized spacial score (nSPS) is 10.4. The van der Waals surface area contributed by atoms with Crippen molar-refractivity contribution in [2.75, 3.05) is 19.5 Å². The van der Waals surface area contributed by atoms with Crippen LogP contribution in [0.3, 0.4) is 0 Å². The number of amides is 1. The maximum absolute atomic E-state index is 12.4. The van der Waals surface area contributed by atoms with Gasteiger partial charge in [-0.1, -0.05) is 42.5 Å². The molecule has 4 nitrogen and oxygen atoms in total. The number of nitrogens with one attached hydrogen (secondary N) is 1. The highest BCUT2D eigenvalue weighted by molar-refractivity contribution is 5.96. The highest BCUT2D eigenvalue weighted by atomic mass is 16.5. The van der Waals surface area contributed by atoms with Crippen molar-refractivity contribution in [1.82, 2.24) is 0 Å². The number of hydrogen-bond acceptors (Lipinski definition) is 3. The van der Waals surface area contributed by atoms with Gasteiger partial charge in [0.05, 0.1) is 20.6 Å². The Labute approximate surface area is 141 Å². The van der Waals surface area contributed by atoms with Crippen molar-refractivity contribution in [2.45, 2.75) is 6.42 Å². The third kappa shape index (κ3) is 3.49. The SMILES string of the molecule is COc1cc(NC(=O)Cc2cccc3ccccc23)cc(OC)c1. The van der Waals surface area contributed by atoms with Crippen LogP contribution in [0.1, 0.15) is 5.56 Å². The van der Waals surface area contributed by atoms with E-state index in [1.165, 1.54) is 0 Å². The molecule has 122 valence electrons. The highest BCUT2D eigenvalue weighted by Gasteiger charge is 2.09. The first-order chi connectivity index (χ1) is 11.7. The van der Waals surface area contributed by atoms with Gasteiger partial charge in [0.25, 0.3) is 0 Å². The number of carbonyl (C=O) groups excluding carboxylic acids is 1. The molecule has 0 atom stereocenters. The molecular formula is C20H19NO3. The Kier molecular flexibility index (Phi) is 4.66. The van der Waals surface area contributed by atoms with Gasteiger partial charge in [-0.3, -0.25) is 4.79 Å². The highest BCUT2D eigenvalue weighted by Crippen LogP contribution is 2.26. The molecule has 0 unspecified atom stereocenters. The molecule has 0 radical (unpaired) electrons. The molecule has 0 aliphatic heterocycles. The van der Waals surface area contributed by atoms with Crippen LogP contribution >= 0.6 is 0 Å². The van der Waals surface area contributed by atoms with Crippen LogP contribution < -0.4 is 14.8 Å². The van der Waals surface area contributed by atoms with Crippen molar-refractivity contribution in [2.24, 2.45) is 0 Å². The minimum Gasteiger partial charge on any atom is -0.497 e. The van der Waals surface area contributed by atoms with Crippen molar-refractivity contribution in [3.8, 4) is 11.5 Å². The second kappa shape index (κ2) is 7.04. The molecule has 3 aromatic rings. The maximum Gasteiger partial charge on any atom is 0.228 e. The molecule has 0 heterocycles. The Morgan fingerprint density at radius 2 is 1.58 bits per heavy atom. The standard InChI is InChI=1S/C20H19NO3/c1-23-17-11-16(12-18(13-17)24-2)21-20(22)10-15-8-5-7-14-6-3-4-9-19(14)15/h3-9,11-13H,10H2,1-2H3,(H,21,22). The molecule has 3 aromatic carbocycles. The molecule has 0 bridgehead atoms. The second-order valence-electron chi connectivity index (χ2n) is 5.46. The van der Waals surface area contributed by atoms with Gasteiger partial charge >= 0.3 is 0 Å². The first-order valence-corrected chi connectivity index (χ1v) is 7.69. The molecule has 0 saturated carbocycles. The van der Waals surface area contributed by atoms with E-state index in [1.54, 1.807) is 32.4 Å². The van der Waals surface area contributed by atoms with E-state index in [2.05, 4.69) is 5.32 Å². The lowest BCUT2D eigenvalue weighted by molar-refractivity contribution is -0.115. The van der Waals surface area contributed by atoms with Gasteiger partial charge in [-0.25, -0.2) is 0 Å². The maximum atomic E-state index is 12.4. The summed E-state index contributed by atoms with van der Waals surface area (Å²) in [7, 11) is 3.16. The molecule has 1 amide bonds. The molecule has 0 saturated heterocycles. The van der Waals surface area contributed by atoms with Crippen LogP contribution in [0.5, 0.6) is 11.5 Å². The fourth-order valence-corrected chi connectivity index (χ4v) is 2.70. The van der Waals surface area contributed by atoms with Gasteiger partial charge in [0.15, 0.2) is 0 Å². The van der Waals surface area contributed by atoms with Crippen LogP contribution in [0.25, 0.3) is 10.8 Å². The molecular weight excluding hydrogens is 302 g/mol. The number of benzene rings is 3. The summed E-state index contributed by atoms with van der Waals surface area (Å²) in [6, 6.07) is 19.4. The smallest absolute Gasteiger partial charge is 0.228 e. The summed E-state index contributed by atoms with van der Waals surface area (Å²) in [5.74, 6) is 1.19. The van der Waals surface area contributed by atoms with Gasteiger partial charge in [-0.05, 0) is 16.3 Å². The van der Waals surface area contributed by atoms with Crippen molar-refractivity contribution in [3.63, 3.8) is 0 Å². The molecule has 0 aliphatic rings. The summed E-state index contributed by atoms with van der Waals surface area (Å²) in [5, 5.41) is 5.13. The zero-order valence-electron chi connectivity index (χ0n) is 13.7. The van der Waals surface area contributed by atoms with E-state index < -0.39 is 0 Å². The number of ether oxygens (including phenoxy) is 2. The van der Waals surface area contributed by atoms with E-state index in [9.17, 15) is 4.79 Å². The quantitative estimate of drug-likeness (QED) is 0.771. The lowest BCUT2D eigenvalue weighted by Crippen LogP contribution is -2.14. The predicted molar refractivity (Wildman–Crippen MR) is 95.8 cm³/mol. The minimum atomic E-state index is -0.0818. The molecule has 0 aliphatic carbocycles. The number of anilines is 1. The van der Waals surface area contributed by atoms with E-state index in [-0.39, 0.29) is 5.91 Å². The largest absolute Gasteiger partial charge is 0.497 e. The van der Waals surface area contributed by atoms with Crippen LogP contribution in [-0.4, -0.2) is 20.1 Å². The zero-order valence-corrected chi connectivity index (χ0v) is 13.7. The Hall–Kier alpha value is -3.01.